The molecule has 0 radical (unpaired) electrons. The van der Waals surface area contributed by atoms with Gasteiger partial charge in [-0.3, -0.25) is 0 Å². The van der Waals surface area contributed by atoms with Gasteiger partial charge in [0.05, 0.1) is 30.6 Å². The molecule has 0 aliphatic carbocycles. The van der Waals surface area contributed by atoms with Crippen LogP contribution in [0.5, 0.6) is 5.75 Å². The van der Waals surface area contributed by atoms with Crippen molar-refractivity contribution in [1.29, 1.82) is 0 Å². The Hall–Kier alpha value is -1.85. The summed E-state index contributed by atoms with van der Waals surface area (Å²) in [4.78, 5) is 7.27. The molecule has 5 nitrogen and oxygen atoms in total. The number of nitrogens with one attached hydrogen (secondary N) is 1. The SMILES string of the molecule is CC(C)Oc1ccc(-c2cnc(C(N)CO)[nH]2)cc1. The van der Waals surface area contributed by atoms with Crippen molar-refractivity contribution in [2.75, 3.05) is 6.61 Å². The number of ether oxygens (including phenoxy) is 1. The number of hydrogen-bond donors (Lipinski definition) is 3. The minimum atomic E-state index is -0.475. The normalized spacial score (nSPS) is 12.7. The molecule has 2 rings (SSSR count). The van der Waals surface area contributed by atoms with Gasteiger partial charge in [-0.2, -0.15) is 0 Å². The summed E-state index contributed by atoms with van der Waals surface area (Å²) in [6, 6.07) is 7.28. The molecule has 0 spiro atoms. The molecule has 1 unspecified atom stereocenters. The largest absolute Gasteiger partial charge is 0.491 e. The van der Waals surface area contributed by atoms with E-state index in [2.05, 4.69) is 9.97 Å². The monoisotopic (exact) mass is 261 g/mol. The van der Waals surface area contributed by atoms with Gasteiger partial charge in [0, 0.05) is 0 Å². The highest BCUT2D eigenvalue weighted by atomic mass is 16.5. The molecule has 0 fully saturated rings. The van der Waals surface area contributed by atoms with Crippen LogP contribution in [0.15, 0.2) is 30.5 Å². The van der Waals surface area contributed by atoms with Crippen LogP contribution in [0.4, 0.5) is 0 Å². The molecule has 0 aliphatic rings. The van der Waals surface area contributed by atoms with E-state index in [9.17, 15) is 0 Å². The fourth-order valence-corrected chi connectivity index (χ4v) is 1.74. The highest BCUT2D eigenvalue weighted by Crippen LogP contribution is 2.22. The lowest BCUT2D eigenvalue weighted by atomic mass is 10.1. The minimum Gasteiger partial charge on any atom is -0.491 e. The Morgan fingerprint density at radius 1 is 1.32 bits per heavy atom. The fourth-order valence-electron chi connectivity index (χ4n) is 1.74. The van der Waals surface area contributed by atoms with Crippen molar-refractivity contribution < 1.29 is 9.84 Å². The van der Waals surface area contributed by atoms with E-state index in [-0.39, 0.29) is 12.7 Å². The van der Waals surface area contributed by atoms with E-state index < -0.39 is 6.04 Å². The Morgan fingerprint density at radius 2 is 2.00 bits per heavy atom. The fraction of sp³-hybridized carbons (Fsp3) is 0.357. The molecule has 5 heteroatoms. The Kier molecular flexibility index (Phi) is 4.19. The summed E-state index contributed by atoms with van der Waals surface area (Å²) in [5, 5.41) is 8.99. The Labute approximate surface area is 112 Å². The van der Waals surface area contributed by atoms with Gasteiger partial charge in [-0.1, -0.05) is 0 Å². The van der Waals surface area contributed by atoms with E-state index in [1.807, 2.05) is 38.1 Å². The van der Waals surface area contributed by atoms with E-state index in [0.717, 1.165) is 17.0 Å². The molecule has 0 saturated heterocycles. The average Bonchev–Trinajstić information content (AvgIpc) is 2.87. The molecule has 1 atom stereocenters. The number of aromatic nitrogens is 2. The third-order valence-electron chi connectivity index (χ3n) is 2.68. The Bertz CT molecular complexity index is 520. The summed E-state index contributed by atoms with van der Waals surface area (Å²) in [6.07, 6.45) is 1.87. The van der Waals surface area contributed by atoms with Gasteiger partial charge in [-0.25, -0.2) is 4.98 Å². The van der Waals surface area contributed by atoms with Crippen LogP contribution >= 0.6 is 0 Å². The van der Waals surface area contributed by atoms with Gasteiger partial charge < -0.3 is 20.6 Å². The average molecular weight is 261 g/mol. The van der Waals surface area contributed by atoms with E-state index in [1.165, 1.54) is 0 Å². The highest BCUT2D eigenvalue weighted by Gasteiger charge is 2.09. The summed E-state index contributed by atoms with van der Waals surface area (Å²) in [5.74, 6) is 1.42. The third kappa shape index (κ3) is 3.33. The highest BCUT2D eigenvalue weighted by molar-refractivity contribution is 5.59. The Balaban J connectivity index is 2.15. The molecule has 19 heavy (non-hydrogen) atoms. The first-order valence-corrected chi connectivity index (χ1v) is 6.28. The van der Waals surface area contributed by atoms with Gasteiger partial charge in [-0.05, 0) is 43.7 Å². The number of aliphatic hydroxyl groups excluding tert-OH is 1. The molecule has 4 N–H and O–H groups in total. The van der Waals surface area contributed by atoms with Gasteiger partial charge in [-0.15, -0.1) is 0 Å². The maximum absolute atomic E-state index is 8.99. The standard InChI is InChI=1S/C14H19N3O2/c1-9(2)19-11-5-3-10(4-6-11)13-7-16-14(17-13)12(15)8-18/h3-7,9,12,18H,8,15H2,1-2H3,(H,16,17). The van der Waals surface area contributed by atoms with Crippen molar-refractivity contribution >= 4 is 0 Å². The number of nitrogens with zero attached hydrogens (tertiary/aromatic N) is 1. The number of nitrogens with two attached hydrogens (primary N) is 1. The molecule has 1 aromatic carbocycles. The Morgan fingerprint density at radius 3 is 2.58 bits per heavy atom. The molecule has 1 heterocycles. The second-order valence-electron chi connectivity index (χ2n) is 4.66. The molecule has 0 amide bonds. The predicted octanol–water partition coefficient (Wildman–Crippen LogP) is 1.86. The molecular formula is C14H19N3O2. The molecule has 102 valence electrons. The lowest BCUT2D eigenvalue weighted by Crippen LogP contribution is -2.15. The molecule has 0 saturated carbocycles. The summed E-state index contributed by atoms with van der Waals surface area (Å²) in [6.45, 7) is 3.85. The number of hydrogen-bond acceptors (Lipinski definition) is 4. The first-order valence-electron chi connectivity index (χ1n) is 6.28. The number of rotatable bonds is 5. The lowest BCUT2D eigenvalue weighted by Gasteiger charge is -2.09. The van der Waals surface area contributed by atoms with Crippen LogP contribution in [0.1, 0.15) is 25.7 Å². The zero-order chi connectivity index (χ0) is 13.8. The van der Waals surface area contributed by atoms with Gasteiger partial charge in [0.2, 0.25) is 0 Å². The van der Waals surface area contributed by atoms with Gasteiger partial charge in [0.15, 0.2) is 0 Å². The number of benzene rings is 1. The van der Waals surface area contributed by atoms with Gasteiger partial charge in [0.25, 0.3) is 0 Å². The summed E-state index contributed by atoms with van der Waals surface area (Å²) in [7, 11) is 0. The summed E-state index contributed by atoms with van der Waals surface area (Å²) < 4.78 is 5.59. The minimum absolute atomic E-state index is 0.131. The quantitative estimate of drug-likeness (QED) is 0.767. The second kappa shape index (κ2) is 5.86. The van der Waals surface area contributed by atoms with Crippen molar-refractivity contribution in [3.63, 3.8) is 0 Å². The second-order valence-corrected chi connectivity index (χ2v) is 4.66. The molecule has 1 aromatic heterocycles. The number of H-pyrrole nitrogens is 1. The first-order chi connectivity index (χ1) is 9.10. The molecule has 0 aliphatic heterocycles. The topological polar surface area (TPSA) is 84.2 Å². The molecule has 2 aromatic rings. The number of aliphatic hydroxyl groups is 1. The van der Waals surface area contributed by atoms with E-state index in [4.69, 9.17) is 15.6 Å². The predicted molar refractivity (Wildman–Crippen MR) is 73.8 cm³/mol. The van der Waals surface area contributed by atoms with Crippen molar-refractivity contribution in [3.8, 4) is 17.0 Å². The van der Waals surface area contributed by atoms with Crippen LogP contribution in [0.25, 0.3) is 11.3 Å². The van der Waals surface area contributed by atoms with Crippen LogP contribution in [0.2, 0.25) is 0 Å². The number of aromatic amines is 1. The smallest absolute Gasteiger partial charge is 0.125 e. The van der Waals surface area contributed by atoms with Crippen molar-refractivity contribution in [3.05, 3.63) is 36.3 Å². The van der Waals surface area contributed by atoms with Gasteiger partial charge in [0.1, 0.15) is 11.6 Å². The summed E-state index contributed by atoms with van der Waals surface area (Å²) in [5.41, 5.74) is 7.57. The lowest BCUT2D eigenvalue weighted by molar-refractivity contribution is 0.242. The zero-order valence-corrected chi connectivity index (χ0v) is 11.1. The summed E-state index contributed by atoms with van der Waals surface area (Å²) >= 11 is 0. The van der Waals surface area contributed by atoms with Crippen LogP contribution in [0.3, 0.4) is 0 Å². The van der Waals surface area contributed by atoms with Crippen LogP contribution in [-0.4, -0.2) is 27.8 Å². The van der Waals surface area contributed by atoms with Crippen molar-refractivity contribution in [2.45, 2.75) is 26.0 Å². The maximum Gasteiger partial charge on any atom is 0.125 e. The zero-order valence-electron chi connectivity index (χ0n) is 11.1. The number of imidazole rings is 1. The first kappa shape index (κ1) is 13.6. The molecular weight excluding hydrogens is 242 g/mol. The maximum atomic E-state index is 8.99. The van der Waals surface area contributed by atoms with Crippen LogP contribution in [-0.2, 0) is 0 Å². The molecule has 0 bridgehead atoms. The van der Waals surface area contributed by atoms with E-state index in [0.29, 0.717) is 5.82 Å². The van der Waals surface area contributed by atoms with Crippen molar-refractivity contribution in [1.82, 2.24) is 9.97 Å². The van der Waals surface area contributed by atoms with Crippen LogP contribution < -0.4 is 10.5 Å². The van der Waals surface area contributed by atoms with E-state index in [1.54, 1.807) is 6.20 Å². The third-order valence-corrected chi connectivity index (χ3v) is 2.68. The van der Waals surface area contributed by atoms with Crippen molar-refractivity contribution in [2.24, 2.45) is 5.73 Å². The van der Waals surface area contributed by atoms with Crippen LogP contribution in [0, 0.1) is 0 Å². The van der Waals surface area contributed by atoms with E-state index >= 15 is 0 Å². The van der Waals surface area contributed by atoms with Gasteiger partial charge >= 0.3 is 0 Å².